The van der Waals surface area contributed by atoms with E-state index in [1.165, 1.54) is 7.11 Å². The van der Waals surface area contributed by atoms with Crippen LogP contribution in [-0.4, -0.2) is 47.8 Å². The van der Waals surface area contributed by atoms with Crippen molar-refractivity contribution in [3.05, 3.63) is 44.2 Å². The summed E-state index contributed by atoms with van der Waals surface area (Å²) in [7, 11) is 6.20. The van der Waals surface area contributed by atoms with E-state index in [1.807, 2.05) is 12.1 Å². The van der Waals surface area contributed by atoms with Crippen molar-refractivity contribution < 1.29 is 38.0 Å². The summed E-state index contributed by atoms with van der Waals surface area (Å²) in [6.45, 7) is 0.271. The van der Waals surface area contributed by atoms with Gasteiger partial charge in [0.1, 0.15) is 6.61 Å². The first kappa shape index (κ1) is 19.2. The predicted molar refractivity (Wildman–Crippen MR) is 109 cm³/mol. The number of carbonyl (C=O) groups is 1. The van der Waals surface area contributed by atoms with Crippen LogP contribution in [0.5, 0.6) is 34.5 Å². The first-order valence-corrected chi connectivity index (χ1v) is 9.54. The van der Waals surface area contributed by atoms with Gasteiger partial charge in [0.2, 0.25) is 18.3 Å². The molecule has 0 spiro atoms. The fourth-order valence-electron chi connectivity index (χ4n) is 4.19. The van der Waals surface area contributed by atoms with Gasteiger partial charge in [0.05, 0.1) is 34.0 Å². The molecule has 0 unspecified atom stereocenters. The summed E-state index contributed by atoms with van der Waals surface area (Å²) in [6.07, 6.45) is 3.67. The van der Waals surface area contributed by atoms with Gasteiger partial charge in [-0.1, -0.05) is 0 Å². The van der Waals surface area contributed by atoms with E-state index in [0.717, 1.165) is 16.0 Å². The fraction of sp³-hybridized carbons (Fsp3) is 0.261. The third-order valence-corrected chi connectivity index (χ3v) is 5.52. The third-order valence-electron chi connectivity index (χ3n) is 5.52. The summed E-state index contributed by atoms with van der Waals surface area (Å²) in [4.78, 5) is 12.4. The smallest absolute Gasteiger partial charge is 0.338 e. The van der Waals surface area contributed by atoms with Crippen LogP contribution in [0.4, 0.5) is 0 Å². The van der Waals surface area contributed by atoms with E-state index in [9.17, 15) is 4.79 Å². The highest BCUT2D eigenvalue weighted by atomic mass is 16.7. The number of hydrogen-bond donors (Lipinski definition) is 0. The maximum Gasteiger partial charge on any atom is 0.338 e. The van der Waals surface area contributed by atoms with Gasteiger partial charge < -0.3 is 33.2 Å². The van der Waals surface area contributed by atoms with Crippen molar-refractivity contribution in [3.63, 3.8) is 0 Å². The minimum absolute atomic E-state index is 0.0895. The summed E-state index contributed by atoms with van der Waals surface area (Å²) >= 11 is 0. The topological polar surface area (TPSA) is 81.7 Å². The minimum atomic E-state index is -0.387. The van der Waals surface area contributed by atoms with Gasteiger partial charge in [-0.25, -0.2) is 4.79 Å². The monoisotopic (exact) mass is 424 g/mol. The number of esters is 1. The van der Waals surface area contributed by atoms with Crippen LogP contribution in [0.1, 0.15) is 0 Å². The molecule has 0 atom stereocenters. The molecule has 0 N–H and O–H groups in total. The normalized spacial score (nSPS) is 15.4. The second kappa shape index (κ2) is 7.16. The molecule has 2 aromatic rings. The second-order valence-electron chi connectivity index (χ2n) is 7.02. The van der Waals surface area contributed by atoms with Crippen molar-refractivity contribution >= 4 is 18.1 Å². The molecule has 8 nitrogen and oxygen atoms in total. The van der Waals surface area contributed by atoms with Crippen LogP contribution in [0, 0.1) is 10.4 Å². The van der Waals surface area contributed by atoms with E-state index in [-0.39, 0.29) is 19.4 Å². The Hall–Kier alpha value is -3.81. The van der Waals surface area contributed by atoms with E-state index in [4.69, 9.17) is 33.2 Å². The molecule has 0 saturated heterocycles. The van der Waals surface area contributed by atoms with Gasteiger partial charge in [0.15, 0.2) is 23.0 Å². The zero-order chi connectivity index (χ0) is 21.7. The van der Waals surface area contributed by atoms with Crippen molar-refractivity contribution in [1.82, 2.24) is 0 Å². The van der Waals surface area contributed by atoms with Crippen molar-refractivity contribution in [2.75, 3.05) is 41.8 Å². The maximum absolute atomic E-state index is 12.4. The summed E-state index contributed by atoms with van der Waals surface area (Å²) in [5, 5.41) is 2.86. The van der Waals surface area contributed by atoms with Crippen molar-refractivity contribution in [2.24, 2.45) is 0 Å². The summed E-state index contributed by atoms with van der Waals surface area (Å²) in [5.74, 6) is 2.50. The Labute approximate surface area is 177 Å². The molecular weight excluding hydrogens is 404 g/mol. The van der Waals surface area contributed by atoms with Crippen LogP contribution < -0.4 is 38.9 Å². The van der Waals surface area contributed by atoms with Gasteiger partial charge in [-0.2, -0.15) is 0 Å². The number of carbonyl (C=O) groups excluding carboxylic acids is 1. The molecule has 31 heavy (non-hydrogen) atoms. The molecule has 5 rings (SSSR count). The lowest BCUT2D eigenvalue weighted by molar-refractivity contribution is -0.135. The molecule has 0 fully saturated rings. The molecule has 0 bridgehead atoms. The Morgan fingerprint density at radius 2 is 1.48 bits per heavy atom. The number of fused-ring (bicyclic) bond motifs is 3. The lowest BCUT2D eigenvalue weighted by Gasteiger charge is -2.15. The number of cyclic esters (lactones) is 1. The molecular formula is C23H20O8. The van der Waals surface area contributed by atoms with Crippen LogP contribution >= 0.6 is 0 Å². The zero-order valence-corrected chi connectivity index (χ0v) is 17.5. The summed E-state index contributed by atoms with van der Waals surface area (Å²) in [6, 6.07) is 3.66. The first-order valence-electron chi connectivity index (χ1n) is 9.54. The molecule has 3 aliphatic rings. The molecule has 0 amide bonds. The number of hydrogen-bond acceptors (Lipinski definition) is 8. The Morgan fingerprint density at radius 3 is 2.19 bits per heavy atom. The number of methoxy groups -OCH3 is 4. The molecule has 0 saturated carbocycles. The highest BCUT2D eigenvalue weighted by Gasteiger charge is 2.27. The number of rotatable bonds is 4. The minimum Gasteiger partial charge on any atom is -0.493 e. The second-order valence-corrected chi connectivity index (χ2v) is 7.02. The Kier molecular flexibility index (Phi) is 4.43. The fourth-order valence-corrected chi connectivity index (χ4v) is 4.19. The summed E-state index contributed by atoms with van der Waals surface area (Å²) < 4.78 is 39.3. The van der Waals surface area contributed by atoms with E-state index < -0.39 is 0 Å². The Balaban J connectivity index is 2.14. The quantitative estimate of drug-likeness (QED) is 0.677. The average Bonchev–Trinajstić information content (AvgIpc) is 3.37. The van der Waals surface area contributed by atoms with Gasteiger partial charge in [-0.05, 0) is 34.7 Å². The molecule has 1 aliphatic carbocycles. The molecule has 8 heteroatoms. The SMILES string of the molecule is COc1cc2c(c(OC)c1OC)=c1c(OC)c3c(cc1=CC1=C(C=2)C(=O)OC1)OCO3. The van der Waals surface area contributed by atoms with Gasteiger partial charge in [0.25, 0.3) is 0 Å². The zero-order valence-electron chi connectivity index (χ0n) is 17.5. The number of ether oxygens (including phenoxy) is 7. The van der Waals surface area contributed by atoms with Crippen LogP contribution in [0.15, 0.2) is 23.3 Å². The van der Waals surface area contributed by atoms with E-state index in [0.29, 0.717) is 50.5 Å². The van der Waals surface area contributed by atoms with E-state index in [2.05, 4.69) is 0 Å². The molecule has 0 radical (unpaired) electrons. The van der Waals surface area contributed by atoms with Crippen LogP contribution in [0.3, 0.4) is 0 Å². The third kappa shape index (κ3) is 2.71. The predicted octanol–water partition coefficient (Wildman–Crippen LogP) is 1.16. The van der Waals surface area contributed by atoms with Crippen LogP contribution in [0.25, 0.3) is 12.2 Å². The molecule has 0 aromatic heterocycles. The van der Waals surface area contributed by atoms with Crippen LogP contribution in [-0.2, 0) is 9.53 Å². The first-order chi connectivity index (χ1) is 15.1. The standard InChI is InChI=1S/C23H20O8/c1-25-15-7-12-6-14-13(9-29-23(14)24)5-11-8-16-20(31-10-30-16)22(28-4)17(11)18(12)21(27-3)19(15)26-2/h5-8H,9-10H2,1-4H3. The molecule has 2 aromatic carbocycles. The Morgan fingerprint density at radius 1 is 0.774 bits per heavy atom. The highest BCUT2D eigenvalue weighted by Crippen LogP contribution is 2.42. The number of benzene rings is 2. The lowest BCUT2D eigenvalue weighted by atomic mass is 9.99. The van der Waals surface area contributed by atoms with Crippen molar-refractivity contribution in [3.8, 4) is 34.5 Å². The van der Waals surface area contributed by atoms with Gasteiger partial charge in [-0.3, -0.25) is 0 Å². The lowest BCUT2D eigenvalue weighted by Crippen LogP contribution is -2.17. The molecule has 160 valence electrons. The summed E-state index contributed by atoms with van der Waals surface area (Å²) in [5.41, 5.74) is 1.23. The van der Waals surface area contributed by atoms with Crippen LogP contribution in [0.2, 0.25) is 0 Å². The molecule has 2 heterocycles. The largest absolute Gasteiger partial charge is 0.493 e. The van der Waals surface area contributed by atoms with Gasteiger partial charge in [0, 0.05) is 16.0 Å². The maximum atomic E-state index is 12.4. The van der Waals surface area contributed by atoms with Gasteiger partial charge in [-0.15, -0.1) is 0 Å². The van der Waals surface area contributed by atoms with E-state index >= 15 is 0 Å². The van der Waals surface area contributed by atoms with Crippen molar-refractivity contribution in [1.29, 1.82) is 0 Å². The Bertz CT molecular complexity index is 1370. The average molecular weight is 424 g/mol. The highest BCUT2D eigenvalue weighted by molar-refractivity contribution is 6.02. The van der Waals surface area contributed by atoms with E-state index in [1.54, 1.807) is 33.5 Å². The van der Waals surface area contributed by atoms with Crippen molar-refractivity contribution in [2.45, 2.75) is 0 Å². The molecule has 2 aliphatic heterocycles. The van der Waals surface area contributed by atoms with Gasteiger partial charge >= 0.3 is 5.97 Å².